The van der Waals surface area contributed by atoms with E-state index in [2.05, 4.69) is 30.3 Å². The molecule has 4 aliphatic carbocycles. The van der Waals surface area contributed by atoms with Gasteiger partial charge in [-0.25, -0.2) is 0 Å². The fraction of sp³-hybridized carbons (Fsp3) is 0.647. The lowest BCUT2D eigenvalue weighted by atomic mass is 9.52. The standard InChI is InChI=1S/C17H23NO.ClH/c18-16-14-6-13-7-15(16)10-17(8-13,9-14)19-11-12-4-2-1-3-5-12;/h1-5,13-16H,6-11,18H2;1H. The van der Waals surface area contributed by atoms with Crippen LogP contribution in [0.2, 0.25) is 0 Å². The van der Waals surface area contributed by atoms with Gasteiger partial charge in [-0.1, -0.05) is 30.3 Å². The first-order valence-corrected chi connectivity index (χ1v) is 7.68. The SMILES string of the molecule is Cl.NC1C2CC3CC1CC(OCc1ccccc1)(C3)C2. The maximum atomic E-state index is 6.42. The van der Waals surface area contributed by atoms with Crippen LogP contribution in [-0.4, -0.2) is 11.6 Å². The highest BCUT2D eigenvalue weighted by molar-refractivity contribution is 5.85. The van der Waals surface area contributed by atoms with Crippen LogP contribution >= 0.6 is 12.4 Å². The molecule has 4 aliphatic rings. The Kier molecular flexibility index (Phi) is 3.83. The van der Waals surface area contributed by atoms with Gasteiger partial charge in [0.2, 0.25) is 0 Å². The van der Waals surface area contributed by atoms with Gasteiger partial charge in [0.25, 0.3) is 0 Å². The summed E-state index contributed by atoms with van der Waals surface area (Å²) in [5, 5.41) is 0. The minimum atomic E-state index is 0. The molecule has 5 rings (SSSR count). The summed E-state index contributed by atoms with van der Waals surface area (Å²) in [6.45, 7) is 0.766. The molecule has 0 aromatic heterocycles. The number of ether oxygens (including phenoxy) is 1. The van der Waals surface area contributed by atoms with Crippen LogP contribution in [0.3, 0.4) is 0 Å². The monoisotopic (exact) mass is 293 g/mol. The fourth-order valence-electron chi connectivity index (χ4n) is 4.98. The van der Waals surface area contributed by atoms with Crippen LogP contribution in [0.25, 0.3) is 0 Å². The van der Waals surface area contributed by atoms with Crippen molar-refractivity contribution in [3.8, 4) is 0 Å². The summed E-state index contributed by atoms with van der Waals surface area (Å²) in [4.78, 5) is 0. The molecular formula is C17H24ClNO. The number of rotatable bonds is 3. The van der Waals surface area contributed by atoms with Crippen molar-refractivity contribution in [1.82, 2.24) is 0 Å². The third-order valence-electron chi connectivity index (χ3n) is 5.68. The van der Waals surface area contributed by atoms with Crippen molar-refractivity contribution in [2.75, 3.05) is 0 Å². The molecule has 1 aromatic rings. The summed E-state index contributed by atoms with van der Waals surface area (Å²) < 4.78 is 6.42. The fourth-order valence-corrected chi connectivity index (χ4v) is 4.98. The molecule has 110 valence electrons. The van der Waals surface area contributed by atoms with Crippen molar-refractivity contribution in [2.24, 2.45) is 23.5 Å². The molecule has 0 heterocycles. The molecule has 4 fully saturated rings. The molecule has 0 aliphatic heterocycles. The van der Waals surface area contributed by atoms with Crippen molar-refractivity contribution in [3.05, 3.63) is 35.9 Å². The lowest BCUT2D eigenvalue weighted by molar-refractivity contribution is -0.174. The zero-order valence-electron chi connectivity index (χ0n) is 11.8. The second kappa shape index (κ2) is 5.32. The van der Waals surface area contributed by atoms with Crippen molar-refractivity contribution in [3.63, 3.8) is 0 Å². The van der Waals surface area contributed by atoms with E-state index in [9.17, 15) is 0 Å². The Balaban J connectivity index is 0.00000121. The summed E-state index contributed by atoms with van der Waals surface area (Å²) in [5.74, 6) is 2.33. The van der Waals surface area contributed by atoms with Gasteiger partial charge in [0, 0.05) is 6.04 Å². The maximum Gasteiger partial charge on any atom is 0.0724 e. The van der Waals surface area contributed by atoms with Crippen molar-refractivity contribution in [2.45, 2.75) is 50.4 Å². The summed E-state index contributed by atoms with van der Waals surface area (Å²) in [5.41, 5.74) is 7.83. The summed E-state index contributed by atoms with van der Waals surface area (Å²) in [7, 11) is 0. The van der Waals surface area contributed by atoms with E-state index in [4.69, 9.17) is 10.5 Å². The number of nitrogens with two attached hydrogens (primary N) is 1. The molecule has 0 spiro atoms. The van der Waals surface area contributed by atoms with Gasteiger partial charge < -0.3 is 10.5 Å². The molecule has 20 heavy (non-hydrogen) atoms. The van der Waals surface area contributed by atoms with E-state index in [-0.39, 0.29) is 18.0 Å². The second-order valence-corrected chi connectivity index (χ2v) is 7.00. The van der Waals surface area contributed by atoms with Gasteiger partial charge in [-0.2, -0.15) is 0 Å². The Morgan fingerprint density at radius 1 is 1.05 bits per heavy atom. The predicted octanol–water partition coefficient (Wildman–Crippen LogP) is 3.53. The van der Waals surface area contributed by atoms with Gasteiger partial charge in [0.1, 0.15) is 0 Å². The summed E-state index contributed by atoms with van der Waals surface area (Å²) >= 11 is 0. The zero-order chi connectivity index (χ0) is 12.9. The zero-order valence-corrected chi connectivity index (χ0v) is 12.6. The van der Waals surface area contributed by atoms with Crippen LogP contribution in [-0.2, 0) is 11.3 Å². The molecule has 4 bridgehead atoms. The summed E-state index contributed by atoms with van der Waals surface area (Å²) in [6.07, 6.45) is 6.39. The van der Waals surface area contributed by atoms with Crippen LogP contribution in [0.5, 0.6) is 0 Å². The maximum absolute atomic E-state index is 6.42. The molecule has 1 aromatic carbocycles. The van der Waals surface area contributed by atoms with E-state index >= 15 is 0 Å². The quantitative estimate of drug-likeness (QED) is 0.925. The van der Waals surface area contributed by atoms with Crippen LogP contribution in [0.15, 0.2) is 30.3 Å². The van der Waals surface area contributed by atoms with Crippen LogP contribution in [0.1, 0.15) is 37.7 Å². The van der Waals surface area contributed by atoms with E-state index in [0.717, 1.165) is 24.4 Å². The Morgan fingerprint density at radius 2 is 1.70 bits per heavy atom. The number of benzene rings is 1. The summed E-state index contributed by atoms with van der Waals surface area (Å²) in [6, 6.07) is 11.0. The Bertz CT molecular complexity index is 447. The van der Waals surface area contributed by atoms with Crippen LogP contribution in [0.4, 0.5) is 0 Å². The molecular weight excluding hydrogens is 270 g/mol. The topological polar surface area (TPSA) is 35.2 Å². The van der Waals surface area contributed by atoms with Gasteiger partial charge in [0.05, 0.1) is 12.2 Å². The molecule has 4 saturated carbocycles. The average Bonchev–Trinajstić information content (AvgIpc) is 2.43. The number of halogens is 1. The highest BCUT2D eigenvalue weighted by Crippen LogP contribution is 2.56. The van der Waals surface area contributed by atoms with Crippen molar-refractivity contribution >= 4 is 12.4 Å². The van der Waals surface area contributed by atoms with Crippen LogP contribution in [0, 0.1) is 17.8 Å². The third kappa shape index (κ3) is 2.38. The first-order valence-electron chi connectivity index (χ1n) is 7.68. The number of hydrogen-bond acceptors (Lipinski definition) is 2. The average molecular weight is 294 g/mol. The molecule has 0 saturated heterocycles. The molecule has 0 radical (unpaired) electrons. The highest BCUT2D eigenvalue weighted by atomic mass is 35.5. The van der Waals surface area contributed by atoms with Crippen molar-refractivity contribution in [1.29, 1.82) is 0 Å². The minimum Gasteiger partial charge on any atom is -0.370 e. The van der Waals surface area contributed by atoms with Gasteiger partial charge in [-0.05, 0) is 55.4 Å². The third-order valence-corrected chi connectivity index (χ3v) is 5.68. The lowest BCUT2D eigenvalue weighted by Gasteiger charge is -2.58. The van der Waals surface area contributed by atoms with Gasteiger partial charge >= 0.3 is 0 Å². The van der Waals surface area contributed by atoms with E-state index < -0.39 is 0 Å². The molecule has 3 heteroatoms. The largest absolute Gasteiger partial charge is 0.370 e. The number of hydrogen-bond donors (Lipinski definition) is 1. The van der Waals surface area contributed by atoms with E-state index in [1.54, 1.807) is 0 Å². The first-order chi connectivity index (χ1) is 9.24. The molecule has 2 nitrogen and oxygen atoms in total. The van der Waals surface area contributed by atoms with Gasteiger partial charge in [0.15, 0.2) is 0 Å². The predicted molar refractivity (Wildman–Crippen MR) is 82.7 cm³/mol. The molecule has 0 amide bonds. The Labute approximate surface area is 127 Å². The van der Waals surface area contributed by atoms with Gasteiger partial charge in [-0.3, -0.25) is 0 Å². The van der Waals surface area contributed by atoms with Gasteiger partial charge in [-0.15, -0.1) is 12.4 Å². The highest BCUT2D eigenvalue weighted by Gasteiger charge is 2.55. The molecule has 2 unspecified atom stereocenters. The Hall–Kier alpha value is -0.570. The Morgan fingerprint density at radius 3 is 2.35 bits per heavy atom. The molecule has 2 atom stereocenters. The van der Waals surface area contributed by atoms with Crippen LogP contribution < -0.4 is 5.73 Å². The first kappa shape index (κ1) is 14.4. The van der Waals surface area contributed by atoms with E-state index in [1.165, 1.54) is 37.7 Å². The normalized spacial score (nSPS) is 41.5. The van der Waals surface area contributed by atoms with E-state index in [0.29, 0.717) is 6.04 Å². The lowest BCUT2D eigenvalue weighted by Crippen LogP contribution is -2.60. The molecule has 2 N–H and O–H groups in total. The van der Waals surface area contributed by atoms with Crippen molar-refractivity contribution < 1.29 is 4.74 Å². The smallest absolute Gasteiger partial charge is 0.0724 e. The minimum absolute atomic E-state index is 0. The van der Waals surface area contributed by atoms with E-state index in [1.807, 2.05) is 0 Å². The second-order valence-electron chi connectivity index (χ2n) is 7.00.